The van der Waals surface area contributed by atoms with Gasteiger partial charge in [-0.25, -0.2) is 0 Å². The van der Waals surface area contributed by atoms with E-state index in [1.807, 2.05) is 14.2 Å². The molecule has 1 aromatic carbocycles. The number of likely N-dealkylation sites (N-methyl/N-ethyl adjacent to an activating group) is 1. The zero-order chi connectivity index (χ0) is 13.4. The molecule has 0 aliphatic rings. The molecule has 2 heteroatoms. The van der Waals surface area contributed by atoms with E-state index in [0.29, 0.717) is 6.04 Å². The fourth-order valence-corrected chi connectivity index (χ4v) is 2.80. The Morgan fingerprint density at radius 2 is 1.78 bits per heavy atom. The molecule has 2 nitrogen and oxygen atoms in total. The number of methoxy groups -OCH3 is 1. The van der Waals surface area contributed by atoms with Crippen LogP contribution >= 0.6 is 0 Å². The molecule has 0 amide bonds. The summed E-state index contributed by atoms with van der Waals surface area (Å²) in [5, 5.41) is 3.44. The molecule has 0 bridgehead atoms. The van der Waals surface area contributed by atoms with Gasteiger partial charge in [0.05, 0.1) is 5.60 Å². The molecule has 0 aliphatic heterocycles. The van der Waals surface area contributed by atoms with E-state index in [-0.39, 0.29) is 5.60 Å². The molecule has 102 valence electrons. The second-order valence-electron chi connectivity index (χ2n) is 4.84. The molecule has 0 aromatic heterocycles. The maximum Gasteiger partial charge on any atom is 0.0825 e. The molecular weight excluding hydrogens is 222 g/mol. The van der Waals surface area contributed by atoms with Crippen LogP contribution in [0.1, 0.15) is 38.7 Å². The molecule has 1 N–H and O–H groups in total. The Hall–Kier alpha value is -0.860. The van der Waals surface area contributed by atoms with E-state index >= 15 is 0 Å². The van der Waals surface area contributed by atoms with E-state index in [1.165, 1.54) is 5.56 Å². The predicted molar refractivity (Wildman–Crippen MR) is 77.9 cm³/mol. The first-order valence-corrected chi connectivity index (χ1v) is 6.98. The summed E-state index contributed by atoms with van der Waals surface area (Å²) in [5.74, 6) is 0. The van der Waals surface area contributed by atoms with Crippen LogP contribution in [-0.2, 0) is 11.2 Å². The van der Waals surface area contributed by atoms with Gasteiger partial charge in [-0.3, -0.25) is 0 Å². The van der Waals surface area contributed by atoms with Crippen LogP contribution in [0.25, 0.3) is 0 Å². The lowest BCUT2D eigenvalue weighted by Crippen LogP contribution is -2.50. The first-order valence-electron chi connectivity index (χ1n) is 6.98. The van der Waals surface area contributed by atoms with Crippen LogP contribution in [0, 0.1) is 0 Å². The van der Waals surface area contributed by atoms with Crippen molar-refractivity contribution in [2.45, 2.75) is 51.2 Å². The first-order chi connectivity index (χ1) is 8.72. The van der Waals surface area contributed by atoms with Gasteiger partial charge in [-0.15, -0.1) is 0 Å². The minimum atomic E-state index is -0.0382. The molecule has 1 aromatic rings. The summed E-state index contributed by atoms with van der Waals surface area (Å²) in [5.41, 5.74) is 1.36. The fourth-order valence-electron chi connectivity index (χ4n) is 2.80. The lowest BCUT2D eigenvalue weighted by atomic mass is 9.85. The summed E-state index contributed by atoms with van der Waals surface area (Å²) in [7, 11) is 3.87. The first kappa shape index (κ1) is 15.2. The van der Waals surface area contributed by atoms with Crippen LogP contribution in [0.15, 0.2) is 30.3 Å². The summed E-state index contributed by atoms with van der Waals surface area (Å²) in [4.78, 5) is 0. The van der Waals surface area contributed by atoms with Crippen LogP contribution in [-0.4, -0.2) is 25.8 Å². The SMILES string of the molecule is CCC(CC)(OC)C(CCc1ccccc1)NC. The Labute approximate surface area is 112 Å². The Morgan fingerprint density at radius 1 is 1.17 bits per heavy atom. The topological polar surface area (TPSA) is 21.3 Å². The number of ether oxygens (including phenoxy) is 1. The van der Waals surface area contributed by atoms with E-state index in [0.717, 1.165) is 25.7 Å². The Morgan fingerprint density at radius 3 is 2.22 bits per heavy atom. The molecular formula is C16H27NO. The van der Waals surface area contributed by atoms with Crippen LogP contribution in [0.2, 0.25) is 0 Å². The van der Waals surface area contributed by atoms with Crippen molar-refractivity contribution in [1.29, 1.82) is 0 Å². The van der Waals surface area contributed by atoms with Gasteiger partial charge >= 0.3 is 0 Å². The highest BCUT2D eigenvalue weighted by Crippen LogP contribution is 2.26. The fraction of sp³-hybridized carbons (Fsp3) is 0.625. The normalized spacial score (nSPS) is 13.6. The van der Waals surface area contributed by atoms with Gasteiger partial charge in [0.15, 0.2) is 0 Å². The van der Waals surface area contributed by atoms with Gasteiger partial charge in [0.2, 0.25) is 0 Å². The van der Waals surface area contributed by atoms with E-state index < -0.39 is 0 Å². The molecule has 0 radical (unpaired) electrons. The Kier molecular flexibility index (Phi) is 6.37. The van der Waals surface area contributed by atoms with Crippen molar-refractivity contribution in [3.05, 3.63) is 35.9 Å². The maximum absolute atomic E-state index is 5.82. The molecule has 0 saturated heterocycles. The number of hydrogen-bond donors (Lipinski definition) is 1. The second kappa shape index (κ2) is 7.55. The van der Waals surface area contributed by atoms with E-state index in [2.05, 4.69) is 49.5 Å². The molecule has 0 saturated carbocycles. The predicted octanol–water partition coefficient (Wildman–Crippen LogP) is 3.41. The van der Waals surface area contributed by atoms with Crippen molar-refractivity contribution in [3.8, 4) is 0 Å². The van der Waals surface area contributed by atoms with Crippen LogP contribution in [0.5, 0.6) is 0 Å². The summed E-state index contributed by atoms with van der Waals surface area (Å²) in [6, 6.07) is 11.1. The van der Waals surface area contributed by atoms with E-state index in [4.69, 9.17) is 4.74 Å². The van der Waals surface area contributed by atoms with Crippen molar-refractivity contribution in [3.63, 3.8) is 0 Å². The van der Waals surface area contributed by atoms with Crippen molar-refractivity contribution in [1.82, 2.24) is 5.32 Å². The van der Waals surface area contributed by atoms with Crippen molar-refractivity contribution in [2.24, 2.45) is 0 Å². The largest absolute Gasteiger partial charge is 0.377 e. The van der Waals surface area contributed by atoms with Crippen LogP contribution < -0.4 is 5.32 Å². The van der Waals surface area contributed by atoms with E-state index in [1.54, 1.807) is 0 Å². The Balaban J connectivity index is 2.66. The third-order valence-electron chi connectivity index (χ3n) is 4.15. The lowest BCUT2D eigenvalue weighted by molar-refractivity contribution is -0.0474. The van der Waals surface area contributed by atoms with Gasteiger partial charge < -0.3 is 10.1 Å². The maximum atomic E-state index is 5.82. The summed E-state index contributed by atoms with van der Waals surface area (Å²) in [6.07, 6.45) is 4.29. The van der Waals surface area contributed by atoms with Crippen molar-refractivity contribution < 1.29 is 4.74 Å². The zero-order valence-corrected chi connectivity index (χ0v) is 12.2. The van der Waals surface area contributed by atoms with Gasteiger partial charge in [-0.05, 0) is 38.3 Å². The monoisotopic (exact) mass is 249 g/mol. The lowest BCUT2D eigenvalue weighted by Gasteiger charge is -2.38. The molecule has 1 rings (SSSR count). The molecule has 0 fully saturated rings. The van der Waals surface area contributed by atoms with Gasteiger partial charge in [0, 0.05) is 13.2 Å². The minimum absolute atomic E-state index is 0.0382. The van der Waals surface area contributed by atoms with Gasteiger partial charge in [-0.2, -0.15) is 0 Å². The quantitative estimate of drug-likeness (QED) is 0.762. The average Bonchev–Trinajstić information content (AvgIpc) is 2.45. The smallest absolute Gasteiger partial charge is 0.0825 e. The van der Waals surface area contributed by atoms with Crippen LogP contribution in [0.3, 0.4) is 0 Å². The molecule has 18 heavy (non-hydrogen) atoms. The van der Waals surface area contributed by atoms with Gasteiger partial charge in [-0.1, -0.05) is 44.2 Å². The highest BCUT2D eigenvalue weighted by Gasteiger charge is 2.34. The number of rotatable bonds is 8. The van der Waals surface area contributed by atoms with Gasteiger partial charge in [0.25, 0.3) is 0 Å². The van der Waals surface area contributed by atoms with Crippen molar-refractivity contribution in [2.75, 3.05) is 14.2 Å². The van der Waals surface area contributed by atoms with Crippen LogP contribution in [0.4, 0.5) is 0 Å². The van der Waals surface area contributed by atoms with Gasteiger partial charge in [0.1, 0.15) is 0 Å². The number of hydrogen-bond acceptors (Lipinski definition) is 2. The number of nitrogens with one attached hydrogen (secondary N) is 1. The number of benzene rings is 1. The molecule has 0 spiro atoms. The highest BCUT2D eigenvalue weighted by atomic mass is 16.5. The summed E-state index contributed by atoms with van der Waals surface area (Å²) in [6.45, 7) is 4.42. The summed E-state index contributed by atoms with van der Waals surface area (Å²) < 4.78 is 5.82. The zero-order valence-electron chi connectivity index (χ0n) is 12.2. The third kappa shape index (κ3) is 3.56. The standard InChI is InChI=1S/C16H27NO/c1-5-16(6-2,18-4)15(17-3)13-12-14-10-8-7-9-11-14/h7-11,15,17H,5-6,12-13H2,1-4H3. The van der Waals surface area contributed by atoms with Crippen molar-refractivity contribution >= 4 is 0 Å². The second-order valence-corrected chi connectivity index (χ2v) is 4.84. The molecule has 1 atom stereocenters. The molecule has 1 unspecified atom stereocenters. The highest BCUT2D eigenvalue weighted by molar-refractivity contribution is 5.15. The number of aryl methyl sites for hydroxylation is 1. The minimum Gasteiger partial charge on any atom is -0.377 e. The molecule has 0 heterocycles. The molecule has 0 aliphatic carbocycles. The average molecular weight is 249 g/mol. The summed E-state index contributed by atoms with van der Waals surface area (Å²) >= 11 is 0. The third-order valence-corrected chi connectivity index (χ3v) is 4.15. The van der Waals surface area contributed by atoms with E-state index in [9.17, 15) is 0 Å². The Bertz CT molecular complexity index is 311.